The van der Waals surface area contributed by atoms with Crippen LogP contribution in [0.3, 0.4) is 0 Å². The Kier molecular flexibility index (Phi) is 4.35. The van der Waals surface area contributed by atoms with Crippen LogP contribution in [0.5, 0.6) is 5.75 Å². The van der Waals surface area contributed by atoms with Crippen LogP contribution < -0.4 is 10.3 Å². The lowest BCUT2D eigenvalue weighted by molar-refractivity contribution is 0.415. The van der Waals surface area contributed by atoms with Crippen molar-refractivity contribution in [3.05, 3.63) is 51.3 Å². The summed E-state index contributed by atoms with van der Waals surface area (Å²) in [5.41, 5.74) is 1.20. The number of rotatable bonds is 3. The van der Waals surface area contributed by atoms with Crippen LogP contribution in [0, 0.1) is 11.3 Å². The number of methoxy groups -OCH3 is 1. The van der Waals surface area contributed by atoms with E-state index in [2.05, 4.69) is 0 Å². The van der Waals surface area contributed by atoms with Crippen LogP contribution >= 0.6 is 11.6 Å². The molecule has 0 N–H and O–H groups in total. The fraction of sp³-hybridized carbons (Fsp3) is 0.250. The second-order valence-electron chi connectivity index (χ2n) is 4.86. The van der Waals surface area contributed by atoms with Crippen molar-refractivity contribution >= 4 is 11.6 Å². The van der Waals surface area contributed by atoms with Gasteiger partial charge in [-0.25, -0.2) is 0 Å². The molecule has 0 amide bonds. The highest BCUT2D eigenvalue weighted by Crippen LogP contribution is 2.33. The minimum atomic E-state index is -0.313. The van der Waals surface area contributed by atoms with Crippen LogP contribution in [0.15, 0.2) is 35.1 Å². The molecule has 0 spiro atoms. The number of pyridine rings is 1. The van der Waals surface area contributed by atoms with Crippen molar-refractivity contribution < 1.29 is 4.74 Å². The lowest BCUT2D eigenvalue weighted by Crippen LogP contribution is -2.25. The van der Waals surface area contributed by atoms with Crippen molar-refractivity contribution in [3.63, 3.8) is 0 Å². The van der Waals surface area contributed by atoms with Gasteiger partial charge in [-0.2, -0.15) is 5.26 Å². The van der Waals surface area contributed by atoms with Gasteiger partial charge in [0.2, 0.25) is 0 Å². The fourth-order valence-corrected chi connectivity index (χ4v) is 2.42. The second-order valence-corrected chi connectivity index (χ2v) is 5.29. The number of benzene rings is 1. The van der Waals surface area contributed by atoms with E-state index in [-0.39, 0.29) is 17.2 Å². The van der Waals surface area contributed by atoms with Gasteiger partial charge in [0.05, 0.1) is 12.8 Å². The van der Waals surface area contributed by atoms with E-state index in [1.807, 2.05) is 19.9 Å². The summed E-state index contributed by atoms with van der Waals surface area (Å²) in [6.07, 6.45) is 0. The number of nitriles is 1. The zero-order valence-corrected chi connectivity index (χ0v) is 12.8. The number of hydrogen-bond acceptors (Lipinski definition) is 3. The smallest absolute Gasteiger partial charge is 0.269 e. The second kappa shape index (κ2) is 6.02. The summed E-state index contributed by atoms with van der Waals surface area (Å²) < 4.78 is 6.92. The van der Waals surface area contributed by atoms with Gasteiger partial charge in [0, 0.05) is 16.6 Å². The molecule has 1 aromatic heterocycles. The van der Waals surface area contributed by atoms with Gasteiger partial charge in [0.25, 0.3) is 5.56 Å². The Bertz CT molecular complexity index is 773. The van der Waals surface area contributed by atoms with Crippen LogP contribution in [0.25, 0.3) is 11.3 Å². The topological polar surface area (TPSA) is 55.0 Å². The minimum Gasteiger partial charge on any atom is -0.496 e. The molecule has 0 fully saturated rings. The predicted molar refractivity (Wildman–Crippen MR) is 82.8 cm³/mol. The standard InChI is InChI=1S/C16H15ClN2O2/c1-10(2)19-14(6-4-11(9-18)16(19)20)13-8-12(17)5-7-15(13)21-3/h4-8,10H,1-3H3. The third kappa shape index (κ3) is 2.79. The van der Waals surface area contributed by atoms with Crippen LogP contribution in [0.1, 0.15) is 25.5 Å². The largest absolute Gasteiger partial charge is 0.496 e. The molecular weight excluding hydrogens is 288 g/mol. The summed E-state index contributed by atoms with van der Waals surface area (Å²) in [4.78, 5) is 12.4. The molecule has 21 heavy (non-hydrogen) atoms. The van der Waals surface area contributed by atoms with Gasteiger partial charge in [-0.3, -0.25) is 4.79 Å². The summed E-state index contributed by atoms with van der Waals surface area (Å²) in [6, 6.07) is 10.3. The molecule has 0 aliphatic heterocycles. The zero-order chi connectivity index (χ0) is 15.6. The molecule has 2 rings (SSSR count). The molecule has 0 aliphatic carbocycles. The first kappa shape index (κ1) is 15.1. The van der Waals surface area contributed by atoms with E-state index in [1.165, 1.54) is 6.07 Å². The van der Waals surface area contributed by atoms with E-state index in [1.54, 1.807) is 35.9 Å². The molecular formula is C16H15ClN2O2. The molecule has 2 aromatic rings. The van der Waals surface area contributed by atoms with Gasteiger partial charge < -0.3 is 9.30 Å². The number of hydrogen-bond donors (Lipinski definition) is 0. The maximum Gasteiger partial charge on any atom is 0.269 e. The van der Waals surface area contributed by atoms with E-state index in [0.717, 1.165) is 5.56 Å². The van der Waals surface area contributed by atoms with Crippen molar-refractivity contribution in [1.29, 1.82) is 5.26 Å². The molecule has 0 bridgehead atoms. The highest BCUT2D eigenvalue weighted by Gasteiger charge is 2.16. The normalized spacial score (nSPS) is 10.5. The lowest BCUT2D eigenvalue weighted by Gasteiger charge is -2.18. The number of halogens is 1. The third-order valence-electron chi connectivity index (χ3n) is 3.19. The molecule has 0 atom stereocenters. The van der Waals surface area contributed by atoms with Crippen molar-refractivity contribution in [2.24, 2.45) is 0 Å². The Morgan fingerprint density at radius 3 is 2.57 bits per heavy atom. The van der Waals surface area contributed by atoms with E-state index in [4.69, 9.17) is 21.6 Å². The predicted octanol–water partition coefficient (Wildman–Crippen LogP) is 3.63. The molecule has 0 radical (unpaired) electrons. The summed E-state index contributed by atoms with van der Waals surface area (Å²) in [5.74, 6) is 0.623. The van der Waals surface area contributed by atoms with Crippen LogP contribution in [0.4, 0.5) is 0 Å². The summed E-state index contributed by atoms with van der Waals surface area (Å²) in [5, 5.41) is 9.58. The average Bonchev–Trinajstić information content (AvgIpc) is 2.46. The van der Waals surface area contributed by atoms with Gasteiger partial charge in [0.15, 0.2) is 0 Å². The first-order chi connectivity index (χ1) is 9.99. The van der Waals surface area contributed by atoms with Gasteiger partial charge in [-0.1, -0.05) is 11.6 Å². The number of ether oxygens (including phenoxy) is 1. The molecule has 0 saturated carbocycles. The molecule has 5 heteroatoms. The Morgan fingerprint density at radius 1 is 1.29 bits per heavy atom. The number of aromatic nitrogens is 1. The van der Waals surface area contributed by atoms with E-state index in [9.17, 15) is 4.79 Å². The quantitative estimate of drug-likeness (QED) is 0.870. The van der Waals surface area contributed by atoms with Crippen LogP contribution in [0.2, 0.25) is 5.02 Å². The molecule has 1 aromatic carbocycles. The maximum absolute atomic E-state index is 12.4. The van der Waals surface area contributed by atoms with Gasteiger partial charge in [0.1, 0.15) is 17.4 Å². The molecule has 108 valence electrons. The lowest BCUT2D eigenvalue weighted by atomic mass is 10.1. The van der Waals surface area contributed by atoms with Crippen LogP contribution in [-0.2, 0) is 0 Å². The van der Waals surface area contributed by atoms with Crippen molar-refractivity contribution in [3.8, 4) is 23.1 Å². The Labute approximate surface area is 128 Å². The van der Waals surface area contributed by atoms with E-state index < -0.39 is 0 Å². The Hall–Kier alpha value is -2.25. The summed E-state index contributed by atoms with van der Waals surface area (Å²) in [6.45, 7) is 3.78. The minimum absolute atomic E-state index is 0.0931. The Morgan fingerprint density at radius 2 is 2.00 bits per heavy atom. The molecule has 1 heterocycles. The summed E-state index contributed by atoms with van der Waals surface area (Å²) >= 11 is 6.06. The number of nitrogens with zero attached hydrogens (tertiary/aromatic N) is 2. The Balaban J connectivity index is 2.82. The molecule has 4 nitrogen and oxygen atoms in total. The van der Waals surface area contributed by atoms with E-state index in [0.29, 0.717) is 16.5 Å². The van der Waals surface area contributed by atoms with Crippen LogP contribution in [-0.4, -0.2) is 11.7 Å². The maximum atomic E-state index is 12.4. The third-order valence-corrected chi connectivity index (χ3v) is 3.43. The monoisotopic (exact) mass is 302 g/mol. The first-order valence-corrected chi connectivity index (χ1v) is 6.87. The fourth-order valence-electron chi connectivity index (χ4n) is 2.25. The molecule has 0 unspecified atom stereocenters. The first-order valence-electron chi connectivity index (χ1n) is 6.49. The van der Waals surface area contributed by atoms with Gasteiger partial charge in [-0.05, 0) is 44.2 Å². The van der Waals surface area contributed by atoms with Crippen molar-refractivity contribution in [2.45, 2.75) is 19.9 Å². The molecule has 0 aliphatic rings. The van der Waals surface area contributed by atoms with Crippen molar-refractivity contribution in [1.82, 2.24) is 4.57 Å². The summed E-state index contributed by atoms with van der Waals surface area (Å²) in [7, 11) is 1.56. The highest BCUT2D eigenvalue weighted by atomic mass is 35.5. The van der Waals surface area contributed by atoms with Gasteiger partial charge in [-0.15, -0.1) is 0 Å². The SMILES string of the molecule is COc1ccc(Cl)cc1-c1ccc(C#N)c(=O)n1C(C)C. The van der Waals surface area contributed by atoms with E-state index >= 15 is 0 Å². The zero-order valence-electron chi connectivity index (χ0n) is 12.1. The highest BCUT2D eigenvalue weighted by molar-refractivity contribution is 6.30. The molecule has 0 saturated heterocycles. The van der Waals surface area contributed by atoms with Crippen molar-refractivity contribution in [2.75, 3.05) is 7.11 Å². The average molecular weight is 303 g/mol. The van der Waals surface area contributed by atoms with Gasteiger partial charge >= 0.3 is 0 Å².